The molecule has 7 heteroatoms. The van der Waals surface area contributed by atoms with Gasteiger partial charge in [-0.25, -0.2) is 0 Å². The van der Waals surface area contributed by atoms with Crippen molar-refractivity contribution in [2.45, 2.75) is 19.3 Å². The first kappa shape index (κ1) is 30.7. The second-order valence-corrected chi connectivity index (χ2v) is 14.7. The highest BCUT2D eigenvalue weighted by molar-refractivity contribution is 6.26. The number of halogens is 2. The first-order valence-electron chi connectivity index (χ1n) is 17.9. The highest BCUT2D eigenvalue weighted by atomic mass is 19.1. The molecule has 0 bridgehead atoms. The number of nitrogens with zero attached hydrogens (tertiary/aromatic N) is 4. The Morgan fingerprint density at radius 1 is 0.500 bits per heavy atom. The van der Waals surface area contributed by atoms with E-state index in [0.717, 1.165) is 33.0 Å². The van der Waals surface area contributed by atoms with Gasteiger partial charge in [-0.15, -0.1) is 0 Å². The number of benzene rings is 8. The number of fused-ring (bicyclic) bond motifs is 12. The zero-order valence-electron chi connectivity index (χ0n) is 29.2. The molecular formula is C47H28F2N4O. The van der Waals surface area contributed by atoms with E-state index in [0.29, 0.717) is 27.5 Å². The molecule has 8 aromatic carbocycles. The van der Waals surface area contributed by atoms with Gasteiger partial charge in [-0.1, -0.05) is 98.8 Å². The van der Waals surface area contributed by atoms with E-state index < -0.39 is 17.6 Å². The number of pyridine rings is 1. The minimum atomic E-state index is -1.19. The van der Waals surface area contributed by atoms with Crippen LogP contribution in [-0.2, 0) is 5.41 Å². The molecule has 0 saturated heterocycles. The summed E-state index contributed by atoms with van der Waals surface area (Å²) in [6.45, 7) is 4.50. The third-order valence-electron chi connectivity index (χ3n) is 11.4. The fraction of sp³-hybridized carbons (Fsp3) is 0.0638. The van der Waals surface area contributed by atoms with Crippen molar-refractivity contribution < 1.29 is 8.78 Å². The summed E-state index contributed by atoms with van der Waals surface area (Å²) in [5.74, 6) is -0.119. The van der Waals surface area contributed by atoms with Crippen LogP contribution in [0.5, 0.6) is 0 Å². The van der Waals surface area contributed by atoms with Crippen LogP contribution in [0.1, 0.15) is 25.0 Å². The highest BCUT2D eigenvalue weighted by Crippen LogP contribution is 2.52. The molecule has 5 nitrogen and oxygen atoms in total. The molecule has 0 spiro atoms. The van der Waals surface area contributed by atoms with E-state index in [2.05, 4.69) is 106 Å². The van der Waals surface area contributed by atoms with Crippen molar-refractivity contribution in [1.82, 2.24) is 19.5 Å². The predicted octanol–water partition coefficient (Wildman–Crippen LogP) is 11.2. The van der Waals surface area contributed by atoms with Crippen LogP contribution < -0.4 is 5.43 Å². The van der Waals surface area contributed by atoms with E-state index in [1.165, 1.54) is 37.9 Å². The lowest BCUT2D eigenvalue weighted by Crippen LogP contribution is -2.16. The van der Waals surface area contributed by atoms with Crippen molar-refractivity contribution in [2.75, 3.05) is 0 Å². The van der Waals surface area contributed by atoms with Gasteiger partial charge in [0.2, 0.25) is 0 Å². The molecule has 2 heterocycles. The molecule has 0 fully saturated rings. The van der Waals surface area contributed by atoms with Crippen LogP contribution in [0, 0.1) is 12.2 Å². The summed E-state index contributed by atoms with van der Waals surface area (Å²) in [4.78, 5) is 25.4. The Labute approximate surface area is 306 Å². The number of hydrogen-bond acceptors (Lipinski definition) is 4. The van der Waals surface area contributed by atoms with E-state index in [-0.39, 0.29) is 11.3 Å². The Bertz CT molecular complexity index is 3350. The highest BCUT2D eigenvalue weighted by Gasteiger charge is 2.37. The maximum atomic E-state index is 14.8. The van der Waals surface area contributed by atoms with Gasteiger partial charge in [0.25, 0.3) is 0 Å². The Morgan fingerprint density at radius 3 is 1.69 bits per heavy atom. The second-order valence-electron chi connectivity index (χ2n) is 14.7. The topological polar surface area (TPSA) is 60.7 Å². The number of rotatable bonds is 2. The maximum Gasteiger partial charge on any atom is 0.314 e. The monoisotopic (exact) mass is 702 g/mol. The molecule has 1 aliphatic carbocycles. The van der Waals surface area contributed by atoms with Gasteiger partial charge >= 0.3 is 12.2 Å². The summed E-state index contributed by atoms with van der Waals surface area (Å²) in [6.07, 6.45) is -2.39. The Balaban J connectivity index is 1.25. The molecule has 0 aliphatic heterocycles. The van der Waals surface area contributed by atoms with Gasteiger partial charge in [0.05, 0.1) is 11.0 Å². The molecule has 1 aliphatic rings. The summed E-state index contributed by atoms with van der Waals surface area (Å²) < 4.78 is 30.4. The molecule has 0 radical (unpaired) electrons. The lowest BCUT2D eigenvalue weighted by molar-refractivity contribution is 0.457. The van der Waals surface area contributed by atoms with Gasteiger partial charge in [-0.2, -0.15) is 23.7 Å². The van der Waals surface area contributed by atoms with E-state index in [1.54, 1.807) is 18.2 Å². The van der Waals surface area contributed by atoms with E-state index in [9.17, 15) is 13.6 Å². The molecule has 0 saturated carbocycles. The molecule has 0 unspecified atom stereocenters. The molecule has 10 aromatic rings. The van der Waals surface area contributed by atoms with E-state index >= 15 is 0 Å². The van der Waals surface area contributed by atoms with Gasteiger partial charge in [0, 0.05) is 27.4 Å². The minimum Gasteiger partial charge on any atom is -0.309 e. The number of aromatic nitrogens is 4. The molecule has 256 valence electrons. The zero-order valence-corrected chi connectivity index (χ0v) is 29.2. The van der Waals surface area contributed by atoms with Crippen LogP contribution in [-0.4, -0.2) is 19.5 Å². The van der Waals surface area contributed by atoms with Crippen LogP contribution in [0.4, 0.5) is 8.78 Å². The van der Waals surface area contributed by atoms with Crippen LogP contribution in [0.25, 0.3) is 93.1 Å². The van der Waals surface area contributed by atoms with Gasteiger partial charge in [-0.3, -0.25) is 4.79 Å². The van der Waals surface area contributed by atoms with Gasteiger partial charge in [0.15, 0.2) is 11.3 Å². The second kappa shape index (κ2) is 10.8. The van der Waals surface area contributed by atoms with E-state index in [1.807, 2.05) is 42.5 Å². The average molecular weight is 703 g/mol. The molecule has 0 amide bonds. The Hall–Kier alpha value is -6.86. The van der Waals surface area contributed by atoms with E-state index in [4.69, 9.17) is 0 Å². The summed E-state index contributed by atoms with van der Waals surface area (Å²) in [5.41, 5.74) is 6.55. The van der Waals surface area contributed by atoms with Crippen molar-refractivity contribution in [3.05, 3.63) is 167 Å². The van der Waals surface area contributed by atoms with Gasteiger partial charge < -0.3 is 4.57 Å². The minimum absolute atomic E-state index is 0.0638. The molecular weight excluding hydrogens is 675 g/mol. The third kappa shape index (κ3) is 4.23. The third-order valence-corrected chi connectivity index (χ3v) is 11.4. The quantitative estimate of drug-likeness (QED) is 0.133. The molecule has 2 aromatic heterocycles. The van der Waals surface area contributed by atoms with Crippen LogP contribution in [0.15, 0.2) is 138 Å². The SMILES string of the molecule is CC1(C)c2cc3c4ccccc4c4ccccc4c3cc2-c2cc3c(=O)c4cc5ccccc5cc4n(-c4cccc(-c5nc(F)nc(F)n5)c4)c3cc21. The average Bonchev–Trinajstić information content (AvgIpc) is 3.40. The van der Waals surface area contributed by atoms with Crippen LogP contribution in [0.2, 0.25) is 0 Å². The normalized spacial score (nSPS) is 13.4. The summed E-state index contributed by atoms with van der Waals surface area (Å²) in [7, 11) is 0. The summed E-state index contributed by atoms with van der Waals surface area (Å²) >= 11 is 0. The fourth-order valence-corrected chi connectivity index (χ4v) is 8.92. The molecule has 0 atom stereocenters. The lowest BCUT2D eigenvalue weighted by atomic mass is 9.81. The summed E-state index contributed by atoms with van der Waals surface area (Å²) in [6, 6.07) is 45.3. The van der Waals surface area contributed by atoms with Gasteiger partial charge in [-0.05, 0) is 114 Å². The largest absolute Gasteiger partial charge is 0.314 e. The molecule has 11 rings (SSSR count). The standard InChI is InChI=1S/C47H28F2N4O/c1-47(2)39-23-34-32-17-8-6-15-30(32)29-14-5-7-16-31(29)33(34)21-35(39)36-22-38-42(24-40(36)47)53(41-20-26-11-4-3-10-25(26)19-37(41)43(38)54)28-13-9-12-27(18-28)44-50-45(48)52-46(49)51-44/h3-24H,1-2H3. The Kier molecular flexibility index (Phi) is 6.17. The predicted molar refractivity (Wildman–Crippen MR) is 213 cm³/mol. The summed E-state index contributed by atoms with van der Waals surface area (Å²) in [5, 5.41) is 10.3. The molecule has 0 N–H and O–H groups in total. The number of hydrogen-bond donors (Lipinski definition) is 0. The zero-order chi connectivity index (χ0) is 36.5. The van der Waals surface area contributed by atoms with Crippen LogP contribution >= 0.6 is 0 Å². The van der Waals surface area contributed by atoms with Crippen molar-refractivity contribution in [2.24, 2.45) is 0 Å². The first-order chi connectivity index (χ1) is 26.2. The van der Waals surface area contributed by atoms with Crippen molar-refractivity contribution in [3.63, 3.8) is 0 Å². The van der Waals surface area contributed by atoms with Gasteiger partial charge in [0.1, 0.15) is 0 Å². The van der Waals surface area contributed by atoms with Crippen molar-refractivity contribution in [3.8, 4) is 28.2 Å². The van der Waals surface area contributed by atoms with Crippen LogP contribution in [0.3, 0.4) is 0 Å². The lowest BCUT2D eigenvalue weighted by Gasteiger charge is -2.24. The maximum absolute atomic E-state index is 14.8. The fourth-order valence-electron chi connectivity index (χ4n) is 8.92. The van der Waals surface area contributed by atoms with Crippen molar-refractivity contribution in [1.29, 1.82) is 0 Å². The first-order valence-corrected chi connectivity index (χ1v) is 17.9. The van der Waals surface area contributed by atoms with Crippen molar-refractivity contribution >= 4 is 64.9 Å². The smallest absolute Gasteiger partial charge is 0.309 e. The Morgan fingerprint density at radius 2 is 1.02 bits per heavy atom. The molecule has 54 heavy (non-hydrogen) atoms.